The first-order valence-corrected chi connectivity index (χ1v) is 8.17. The second kappa shape index (κ2) is 5.43. The maximum Gasteiger partial charge on any atom is 0.251 e. The van der Waals surface area contributed by atoms with E-state index < -0.39 is 5.60 Å². The van der Waals surface area contributed by atoms with Crippen LogP contribution in [0.1, 0.15) is 29.0 Å². The van der Waals surface area contributed by atoms with Crippen LogP contribution in [0.2, 0.25) is 0 Å². The monoisotopic (exact) mass is 329 g/mol. The molecule has 1 aliphatic rings. The highest BCUT2D eigenvalue weighted by molar-refractivity contribution is 7.00. The molecule has 3 aromatic rings. The summed E-state index contributed by atoms with van der Waals surface area (Å²) < 4.78 is 13.6. The molecule has 0 radical (unpaired) electrons. The molecule has 1 fully saturated rings. The van der Waals surface area contributed by atoms with E-state index >= 15 is 0 Å². The van der Waals surface area contributed by atoms with E-state index in [1.165, 1.54) is 6.26 Å². The number of aromatic nitrogens is 2. The predicted octanol–water partition coefficient (Wildman–Crippen LogP) is 2.31. The summed E-state index contributed by atoms with van der Waals surface area (Å²) in [6.07, 6.45) is 3.40. The van der Waals surface area contributed by atoms with Crippen molar-refractivity contribution in [1.29, 1.82) is 0 Å². The minimum absolute atomic E-state index is 0.122. The average molecular weight is 329 g/mol. The van der Waals surface area contributed by atoms with Crippen LogP contribution in [-0.2, 0) is 5.60 Å². The van der Waals surface area contributed by atoms with Crippen LogP contribution in [0.25, 0.3) is 11.0 Å². The summed E-state index contributed by atoms with van der Waals surface area (Å²) in [6, 6.07) is 8.68. The fraction of sp³-hybridized carbons (Fsp3) is 0.312. The van der Waals surface area contributed by atoms with E-state index in [1.54, 1.807) is 30.3 Å². The summed E-state index contributed by atoms with van der Waals surface area (Å²) in [5, 5.41) is 13.7. The number of fused-ring (bicyclic) bond motifs is 1. The van der Waals surface area contributed by atoms with E-state index in [2.05, 4.69) is 14.1 Å². The highest BCUT2D eigenvalue weighted by Crippen LogP contribution is 2.45. The number of nitrogens with zero attached hydrogens (tertiary/aromatic N) is 2. The Morgan fingerprint density at radius 1 is 1.35 bits per heavy atom. The van der Waals surface area contributed by atoms with Gasteiger partial charge in [0, 0.05) is 5.56 Å². The number of furan rings is 1. The minimum atomic E-state index is -1.15. The lowest BCUT2D eigenvalue weighted by atomic mass is 9.94. The zero-order valence-electron chi connectivity index (χ0n) is 12.2. The molecule has 2 aromatic heterocycles. The van der Waals surface area contributed by atoms with Crippen molar-refractivity contribution in [3.8, 4) is 0 Å². The summed E-state index contributed by atoms with van der Waals surface area (Å²) in [4.78, 5) is 12.4. The Balaban J connectivity index is 1.51. The molecule has 4 rings (SSSR count). The SMILES string of the molecule is O=C(NC[C@@](O)(c1ccco1)C1CC1)c1ccc2nsnc2c1. The highest BCUT2D eigenvalue weighted by atomic mass is 32.1. The van der Waals surface area contributed by atoms with Crippen LogP contribution >= 0.6 is 11.7 Å². The van der Waals surface area contributed by atoms with Crippen LogP contribution in [0.5, 0.6) is 0 Å². The number of carbonyl (C=O) groups is 1. The molecule has 1 amide bonds. The molecule has 0 saturated heterocycles. The first-order valence-electron chi connectivity index (χ1n) is 7.44. The molecular formula is C16H15N3O3S. The second-order valence-corrected chi connectivity index (χ2v) is 6.35. The van der Waals surface area contributed by atoms with Gasteiger partial charge >= 0.3 is 0 Å². The van der Waals surface area contributed by atoms with Gasteiger partial charge in [-0.25, -0.2) is 0 Å². The third kappa shape index (κ3) is 2.62. The Morgan fingerprint density at radius 3 is 2.91 bits per heavy atom. The zero-order chi connectivity index (χ0) is 15.9. The second-order valence-electron chi connectivity index (χ2n) is 5.83. The summed E-state index contributed by atoms with van der Waals surface area (Å²) in [5.74, 6) is 0.379. The van der Waals surface area contributed by atoms with Crippen LogP contribution in [0.4, 0.5) is 0 Å². The molecule has 0 spiro atoms. The molecule has 1 saturated carbocycles. The van der Waals surface area contributed by atoms with E-state index in [0.29, 0.717) is 16.8 Å². The van der Waals surface area contributed by atoms with Gasteiger partial charge in [-0.2, -0.15) is 8.75 Å². The number of amides is 1. The van der Waals surface area contributed by atoms with E-state index in [9.17, 15) is 9.90 Å². The van der Waals surface area contributed by atoms with Gasteiger partial charge in [-0.3, -0.25) is 4.79 Å². The molecule has 2 N–H and O–H groups in total. The van der Waals surface area contributed by atoms with Crippen LogP contribution in [-0.4, -0.2) is 26.3 Å². The molecule has 0 aliphatic heterocycles. The molecule has 1 aromatic carbocycles. The molecule has 23 heavy (non-hydrogen) atoms. The Hall–Kier alpha value is -2.25. The van der Waals surface area contributed by atoms with E-state index in [4.69, 9.17) is 4.42 Å². The van der Waals surface area contributed by atoms with Gasteiger partial charge < -0.3 is 14.8 Å². The van der Waals surface area contributed by atoms with Gasteiger partial charge in [-0.15, -0.1) is 0 Å². The van der Waals surface area contributed by atoms with Gasteiger partial charge in [0.05, 0.1) is 24.5 Å². The van der Waals surface area contributed by atoms with Gasteiger partial charge in [0.15, 0.2) is 0 Å². The molecule has 0 unspecified atom stereocenters. The fourth-order valence-corrected chi connectivity index (χ4v) is 3.28. The quantitative estimate of drug-likeness (QED) is 0.750. The molecule has 1 aliphatic carbocycles. The first-order chi connectivity index (χ1) is 11.2. The standard InChI is InChI=1S/C16H15N3O3S/c20-15(10-3-6-12-13(8-10)19-23-18-12)17-9-16(21,11-4-5-11)14-2-1-7-22-14/h1-3,6-8,11,21H,4-5,9H2,(H,17,20)/t16-/m0/s1. The number of nitrogens with one attached hydrogen (secondary N) is 1. The van der Waals surface area contributed by atoms with Crippen molar-refractivity contribution in [1.82, 2.24) is 14.1 Å². The van der Waals surface area contributed by atoms with Crippen molar-refractivity contribution >= 4 is 28.7 Å². The first kappa shape index (κ1) is 14.3. The Bertz CT molecular complexity index is 841. The average Bonchev–Trinajstić information content (AvgIpc) is 3.10. The van der Waals surface area contributed by atoms with Crippen LogP contribution in [0.3, 0.4) is 0 Å². The highest BCUT2D eigenvalue weighted by Gasteiger charge is 2.47. The Morgan fingerprint density at radius 2 is 2.17 bits per heavy atom. The van der Waals surface area contributed by atoms with Crippen molar-refractivity contribution in [2.45, 2.75) is 18.4 Å². The van der Waals surface area contributed by atoms with Gasteiger partial charge in [0.25, 0.3) is 5.91 Å². The molecule has 6 nitrogen and oxygen atoms in total. The summed E-state index contributed by atoms with van der Waals surface area (Å²) >= 11 is 1.12. The molecule has 0 bridgehead atoms. The van der Waals surface area contributed by atoms with Crippen LogP contribution in [0.15, 0.2) is 41.0 Å². The number of benzene rings is 1. The number of rotatable bonds is 5. The van der Waals surface area contributed by atoms with Crippen LogP contribution < -0.4 is 5.32 Å². The van der Waals surface area contributed by atoms with Gasteiger partial charge in [0.2, 0.25) is 0 Å². The lowest BCUT2D eigenvalue weighted by molar-refractivity contribution is -0.00610. The lowest BCUT2D eigenvalue weighted by Crippen LogP contribution is -2.42. The van der Waals surface area contributed by atoms with Crippen molar-refractivity contribution in [3.05, 3.63) is 47.9 Å². The van der Waals surface area contributed by atoms with Crippen molar-refractivity contribution < 1.29 is 14.3 Å². The topological polar surface area (TPSA) is 88.2 Å². The third-order valence-corrected chi connectivity index (χ3v) is 4.79. The smallest absolute Gasteiger partial charge is 0.251 e. The molecule has 1 atom stereocenters. The van der Waals surface area contributed by atoms with Crippen molar-refractivity contribution in [3.63, 3.8) is 0 Å². The molecular weight excluding hydrogens is 314 g/mol. The number of hydrogen-bond donors (Lipinski definition) is 2. The van der Waals surface area contributed by atoms with Crippen molar-refractivity contribution in [2.24, 2.45) is 5.92 Å². The Kier molecular flexibility index (Phi) is 3.39. The number of hydrogen-bond acceptors (Lipinski definition) is 6. The van der Waals surface area contributed by atoms with E-state index in [0.717, 1.165) is 30.1 Å². The minimum Gasteiger partial charge on any atom is -0.466 e. The normalized spacial score (nSPS) is 17.1. The van der Waals surface area contributed by atoms with Gasteiger partial charge in [0.1, 0.15) is 22.4 Å². The predicted molar refractivity (Wildman–Crippen MR) is 85.1 cm³/mol. The summed E-state index contributed by atoms with van der Waals surface area (Å²) in [6.45, 7) is 0.122. The maximum atomic E-state index is 12.4. The van der Waals surface area contributed by atoms with E-state index in [-0.39, 0.29) is 18.4 Å². The largest absolute Gasteiger partial charge is 0.466 e. The van der Waals surface area contributed by atoms with Gasteiger partial charge in [-0.1, -0.05) is 0 Å². The Labute approximate surface area is 136 Å². The molecule has 7 heteroatoms. The lowest BCUT2D eigenvalue weighted by Gasteiger charge is -2.26. The summed E-state index contributed by atoms with van der Waals surface area (Å²) in [7, 11) is 0. The number of carbonyl (C=O) groups excluding carboxylic acids is 1. The van der Waals surface area contributed by atoms with Gasteiger partial charge in [-0.05, 0) is 49.1 Å². The number of aliphatic hydroxyl groups is 1. The zero-order valence-corrected chi connectivity index (χ0v) is 13.0. The maximum absolute atomic E-state index is 12.4. The third-order valence-electron chi connectivity index (χ3n) is 4.23. The molecule has 2 heterocycles. The fourth-order valence-electron chi connectivity index (χ4n) is 2.76. The van der Waals surface area contributed by atoms with Crippen molar-refractivity contribution in [2.75, 3.05) is 6.54 Å². The van der Waals surface area contributed by atoms with E-state index in [1.807, 2.05) is 0 Å². The summed E-state index contributed by atoms with van der Waals surface area (Å²) in [5.41, 5.74) is 0.830. The molecule has 118 valence electrons. The van der Waals surface area contributed by atoms with Crippen LogP contribution in [0, 0.1) is 5.92 Å².